The fraction of sp³-hybridized carbons (Fsp3) is 0.385. The van der Waals surface area contributed by atoms with E-state index < -0.39 is 0 Å². The zero-order valence-corrected chi connectivity index (χ0v) is 9.85. The monoisotopic (exact) mass is 228 g/mol. The molecule has 0 unspecified atom stereocenters. The van der Waals surface area contributed by atoms with Gasteiger partial charge in [0, 0.05) is 17.1 Å². The molecule has 3 N–H and O–H groups in total. The van der Waals surface area contributed by atoms with Crippen LogP contribution in [0.25, 0.3) is 10.9 Å². The Kier molecular flexibility index (Phi) is 2.35. The Balaban J connectivity index is 1.95. The van der Waals surface area contributed by atoms with Gasteiger partial charge in [0.2, 0.25) is 0 Å². The van der Waals surface area contributed by atoms with E-state index >= 15 is 0 Å². The average Bonchev–Trinajstić information content (AvgIpc) is 2.28. The topological polar surface area (TPSA) is 63.8 Å². The number of anilines is 2. The first-order chi connectivity index (χ1) is 8.22. The standard InChI is InChI=1S/C13H16N4/c1-8-4-10(5-8)17-13-11-6-9(14)2-3-12(11)15-7-16-13/h2-3,6-8,10H,4-5,14H2,1H3,(H,15,16,17). The fourth-order valence-electron chi connectivity index (χ4n) is 2.40. The van der Waals surface area contributed by atoms with Crippen LogP contribution in [0.15, 0.2) is 24.5 Å². The van der Waals surface area contributed by atoms with Crippen molar-refractivity contribution >= 4 is 22.4 Å². The molecule has 4 nitrogen and oxygen atoms in total. The molecule has 2 aromatic rings. The van der Waals surface area contributed by atoms with Crippen LogP contribution in [0.5, 0.6) is 0 Å². The number of nitrogens with one attached hydrogen (secondary N) is 1. The SMILES string of the molecule is CC1CC(Nc2ncnc3ccc(N)cc23)C1. The van der Waals surface area contributed by atoms with Crippen molar-refractivity contribution in [3.05, 3.63) is 24.5 Å². The molecule has 0 amide bonds. The van der Waals surface area contributed by atoms with Gasteiger partial charge in [-0.1, -0.05) is 6.92 Å². The van der Waals surface area contributed by atoms with Gasteiger partial charge in [-0.3, -0.25) is 0 Å². The first kappa shape index (κ1) is 10.3. The molecule has 0 spiro atoms. The lowest BCUT2D eigenvalue weighted by atomic mass is 9.82. The molecule has 4 heteroatoms. The normalized spacial score (nSPS) is 23.4. The minimum atomic E-state index is 0.546. The van der Waals surface area contributed by atoms with Crippen LogP contribution in [0.4, 0.5) is 11.5 Å². The predicted octanol–water partition coefficient (Wildman–Crippen LogP) is 2.42. The van der Waals surface area contributed by atoms with Crippen LogP contribution >= 0.6 is 0 Å². The van der Waals surface area contributed by atoms with Gasteiger partial charge < -0.3 is 11.1 Å². The van der Waals surface area contributed by atoms with Crippen LogP contribution in [-0.4, -0.2) is 16.0 Å². The highest BCUT2D eigenvalue weighted by molar-refractivity contribution is 5.91. The third-order valence-electron chi connectivity index (χ3n) is 3.37. The van der Waals surface area contributed by atoms with Crippen LogP contribution in [0.1, 0.15) is 19.8 Å². The van der Waals surface area contributed by atoms with Gasteiger partial charge in [0.05, 0.1) is 5.52 Å². The summed E-state index contributed by atoms with van der Waals surface area (Å²) < 4.78 is 0. The lowest BCUT2D eigenvalue weighted by Gasteiger charge is -2.33. The molecule has 1 aromatic heterocycles. The molecular formula is C13H16N4. The second-order valence-electron chi connectivity index (χ2n) is 4.92. The summed E-state index contributed by atoms with van der Waals surface area (Å²) >= 11 is 0. The second kappa shape index (κ2) is 3.87. The van der Waals surface area contributed by atoms with E-state index in [1.54, 1.807) is 6.33 Å². The fourth-order valence-corrected chi connectivity index (χ4v) is 2.40. The Bertz CT molecular complexity index is 546. The minimum absolute atomic E-state index is 0.546. The van der Waals surface area contributed by atoms with Crippen molar-refractivity contribution in [1.82, 2.24) is 9.97 Å². The quantitative estimate of drug-likeness (QED) is 0.775. The number of fused-ring (bicyclic) bond motifs is 1. The Morgan fingerprint density at radius 2 is 2.12 bits per heavy atom. The van der Waals surface area contributed by atoms with Crippen molar-refractivity contribution in [3.63, 3.8) is 0 Å². The van der Waals surface area contributed by atoms with E-state index in [0.717, 1.165) is 28.3 Å². The summed E-state index contributed by atoms with van der Waals surface area (Å²) in [6.45, 7) is 2.27. The van der Waals surface area contributed by atoms with E-state index in [9.17, 15) is 0 Å². The third-order valence-corrected chi connectivity index (χ3v) is 3.37. The molecule has 1 aliphatic carbocycles. The van der Waals surface area contributed by atoms with Gasteiger partial charge in [-0.25, -0.2) is 9.97 Å². The minimum Gasteiger partial charge on any atom is -0.399 e. The Morgan fingerprint density at radius 3 is 2.88 bits per heavy atom. The van der Waals surface area contributed by atoms with E-state index in [4.69, 9.17) is 5.73 Å². The zero-order valence-electron chi connectivity index (χ0n) is 9.85. The molecular weight excluding hydrogens is 212 g/mol. The van der Waals surface area contributed by atoms with Gasteiger partial charge in [-0.2, -0.15) is 0 Å². The lowest BCUT2D eigenvalue weighted by molar-refractivity contribution is 0.309. The van der Waals surface area contributed by atoms with Crippen LogP contribution in [0, 0.1) is 5.92 Å². The Labute approximate surface area is 100 Å². The largest absolute Gasteiger partial charge is 0.399 e. The maximum Gasteiger partial charge on any atom is 0.137 e. The molecule has 1 aromatic carbocycles. The maximum absolute atomic E-state index is 5.81. The van der Waals surface area contributed by atoms with Gasteiger partial charge in [0.1, 0.15) is 12.1 Å². The van der Waals surface area contributed by atoms with E-state index in [2.05, 4.69) is 22.2 Å². The Hall–Kier alpha value is -1.84. The van der Waals surface area contributed by atoms with Gasteiger partial charge in [-0.15, -0.1) is 0 Å². The summed E-state index contributed by atoms with van der Waals surface area (Å²) in [4.78, 5) is 8.56. The summed E-state index contributed by atoms with van der Waals surface area (Å²) in [6.07, 6.45) is 4.03. The molecule has 1 heterocycles. The summed E-state index contributed by atoms with van der Waals surface area (Å²) in [7, 11) is 0. The lowest BCUT2D eigenvalue weighted by Crippen LogP contribution is -2.34. The zero-order chi connectivity index (χ0) is 11.8. The number of hydrogen-bond acceptors (Lipinski definition) is 4. The van der Waals surface area contributed by atoms with E-state index in [-0.39, 0.29) is 0 Å². The number of nitrogens with two attached hydrogens (primary N) is 1. The Morgan fingerprint density at radius 1 is 1.29 bits per heavy atom. The molecule has 1 aliphatic rings. The molecule has 0 radical (unpaired) electrons. The molecule has 0 bridgehead atoms. The summed E-state index contributed by atoms with van der Waals surface area (Å²) in [5.41, 5.74) is 7.49. The molecule has 0 saturated heterocycles. The van der Waals surface area contributed by atoms with Crippen molar-refractivity contribution in [3.8, 4) is 0 Å². The van der Waals surface area contributed by atoms with Gasteiger partial charge in [-0.05, 0) is 37.0 Å². The number of hydrogen-bond donors (Lipinski definition) is 2. The van der Waals surface area contributed by atoms with E-state index in [1.807, 2.05) is 18.2 Å². The van der Waals surface area contributed by atoms with Gasteiger partial charge >= 0.3 is 0 Å². The van der Waals surface area contributed by atoms with Crippen molar-refractivity contribution in [2.45, 2.75) is 25.8 Å². The maximum atomic E-state index is 5.81. The summed E-state index contributed by atoms with van der Waals surface area (Å²) in [6, 6.07) is 6.27. The third kappa shape index (κ3) is 1.90. The van der Waals surface area contributed by atoms with Crippen LogP contribution in [0.3, 0.4) is 0 Å². The van der Waals surface area contributed by atoms with Crippen molar-refractivity contribution in [2.24, 2.45) is 5.92 Å². The molecule has 0 aliphatic heterocycles. The van der Waals surface area contributed by atoms with Gasteiger partial charge in [0.25, 0.3) is 0 Å². The van der Waals surface area contributed by atoms with Crippen molar-refractivity contribution < 1.29 is 0 Å². The molecule has 88 valence electrons. The van der Waals surface area contributed by atoms with Crippen LogP contribution in [0.2, 0.25) is 0 Å². The van der Waals surface area contributed by atoms with Crippen LogP contribution < -0.4 is 11.1 Å². The molecule has 1 fully saturated rings. The summed E-state index contributed by atoms with van der Waals surface area (Å²) in [5, 5.41) is 4.48. The average molecular weight is 228 g/mol. The number of rotatable bonds is 2. The summed E-state index contributed by atoms with van der Waals surface area (Å²) in [5.74, 6) is 1.73. The number of nitrogen functional groups attached to an aromatic ring is 1. The smallest absolute Gasteiger partial charge is 0.137 e. The highest BCUT2D eigenvalue weighted by Crippen LogP contribution is 2.31. The van der Waals surface area contributed by atoms with Crippen molar-refractivity contribution in [1.29, 1.82) is 0 Å². The number of benzene rings is 1. The van der Waals surface area contributed by atoms with Crippen molar-refractivity contribution in [2.75, 3.05) is 11.1 Å². The second-order valence-corrected chi connectivity index (χ2v) is 4.92. The highest BCUT2D eigenvalue weighted by atomic mass is 15.0. The first-order valence-corrected chi connectivity index (χ1v) is 5.99. The number of nitrogens with zero attached hydrogens (tertiary/aromatic N) is 2. The highest BCUT2D eigenvalue weighted by Gasteiger charge is 2.25. The molecule has 1 saturated carbocycles. The number of aromatic nitrogens is 2. The van der Waals surface area contributed by atoms with E-state index in [0.29, 0.717) is 6.04 Å². The first-order valence-electron chi connectivity index (χ1n) is 5.99. The van der Waals surface area contributed by atoms with Crippen LogP contribution in [-0.2, 0) is 0 Å². The molecule has 0 atom stereocenters. The molecule has 17 heavy (non-hydrogen) atoms. The molecule has 3 rings (SSSR count). The van der Waals surface area contributed by atoms with E-state index in [1.165, 1.54) is 12.8 Å². The predicted molar refractivity (Wildman–Crippen MR) is 69.8 cm³/mol. The van der Waals surface area contributed by atoms with Gasteiger partial charge in [0.15, 0.2) is 0 Å².